The molecule has 170 valence electrons. The Balaban J connectivity index is 1.35. The van der Waals surface area contributed by atoms with Crippen LogP contribution in [-0.4, -0.2) is 33.2 Å². The Labute approximate surface area is 191 Å². The molecule has 0 unspecified atom stereocenters. The van der Waals surface area contributed by atoms with Gasteiger partial charge in [0.25, 0.3) is 5.91 Å². The third-order valence-electron chi connectivity index (χ3n) is 5.72. The molecule has 4 rings (SSSR count). The minimum absolute atomic E-state index is 0.0562. The summed E-state index contributed by atoms with van der Waals surface area (Å²) in [6, 6.07) is 13.6. The molecular formula is C25H26FN5O2. The van der Waals surface area contributed by atoms with E-state index in [1.54, 1.807) is 29.3 Å². The Morgan fingerprint density at radius 3 is 2.73 bits per heavy atom. The molecule has 0 spiro atoms. The quantitative estimate of drug-likeness (QED) is 0.580. The second kappa shape index (κ2) is 10.2. The number of pyridine rings is 2. The van der Waals surface area contributed by atoms with Crippen LogP contribution in [-0.2, 0) is 30.7 Å². The Bertz CT molecular complexity index is 1140. The van der Waals surface area contributed by atoms with Crippen LogP contribution in [0.15, 0.2) is 54.7 Å². The van der Waals surface area contributed by atoms with Gasteiger partial charge in [0, 0.05) is 37.8 Å². The molecule has 0 atom stereocenters. The van der Waals surface area contributed by atoms with Crippen LogP contribution in [0.3, 0.4) is 0 Å². The molecule has 0 fully saturated rings. The molecule has 7 nitrogen and oxygen atoms in total. The molecule has 1 aromatic carbocycles. The molecule has 33 heavy (non-hydrogen) atoms. The number of fused-ring (bicyclic) bond motifs is 1. The van der Waals surface area contributed by atoms with E-state index in [1.807, 2.05) is 18.2 Å². The standard InChI is InChI=1S/C25H26FN5O2/c26-19-9-7-17(8-10-19)4-3-6-23(32)31-13-11-22-18(16-31)14-21(24(27)30-22)25(33)29-15-20-5-1-2-12-28-20/h1-2,5,7-10,12,14H,3-4,6,11,13,15-16H2,(H2,27,30)(H,29,33). The van der Waals surface area contributed by atoms with E-state index in [-0.39, 0.29) is 30.0 Å². The van der Waals surface area contributed by atoms with Crippen LogP contribution in [0.4, 0.5) is 10.2 Å². The van der Waals surface area contributed by atoms with Crippen molar-refractivity contribution in [1.82, 2.24) is 20.2 Å². The van der Waals surface area contributed by atoms with Gasteiger partial charge in [-0.15, -0.1) is 0 Å². The lowest BCUT2D eigenvalue weighted by molar-refractivity contribution is -0.132. The van der Waals surface area contributed by atoms with Crippen LogP contribution in [0.2, 0.25) is 0 Å². The van der Waals surface area contributed by atoms with Gasteiger partial charge in [0.2, 0.25) is 5.91 Å². The number of nitrogens with one attached hydrogen (secondary N) is 1. The second-order valence-corrected chi connectivity index (χ2v) is 8.08. The van der Waals surface area contributed by atoms with E-state index in [1.165, 1.54) is 12.1 Å². The molecule has 3 N–H and O–H groups in total. The number of benzene rings is 1. The lowest BCUT2D eigenvalue weighted by Gasteiger charge is -2.29. The van der Waals surface area contributed by atoms with Crippen molar-refractivity contribution in [3.8, 4) is 0 Å². The van der Waals surface area contributed by atoms with Crippen LogP contribution >= 0.6 is 0 Å². The summed E-state index contributed by atoms with van der Waals surface area (Å²) in [4.78, 5) is 35.8. The zero-order valence-corrected chi connectivity index (χ0v) is 18.3. The van der Waals surface area contributed by atoms with Crippen LogP contribution in [0, 0.1) is 5.82 Å². The monoisotopic (exact) mass is 447 g/mol. The summed E-state index contributed by atoms with van der Waals surface area (Å²) < 4.78 is 13.0. The fourth-order valence-electron chi connectivity index (χ4n) is 3.90. The topological polar surface area (TPSA) is 101 Å². The molecule has 1 aliphatic heterocycles. The molecule has 8 heteroatoms. The maximum Gasteiger partial charge on any atom is 0.255 e. The Kier molecular flexibility index (Phi) is 6.92. The number of nitrogens with two attached hydrogens (primary N) is 1. The van der Waals surface area contributed by atoms with Gasteiger partial charge in [-0.25, -0.2) is 9.37 Å². The first-order valence-corrected chi connectivity index (χ1v) is 11.0. The van der Waals surface area contributed by atoms with Crippen LogP contribution in [0.1, 0.15) is 45.7 Å². The summed E-state index contributed by atoms with van der Waals surface area (Å²) in [6.07, 6.45) is 4.08. The average Bonchev–Trinajstić information content (AvgIpc) is 2.83. The zero-order chi connectivity index (χ0) is 23.2. The number of aromatic nitrogens is 2. The number of halogens is 1. The highest BCUT2D eigenvalue weighted by atomic mass is 19.1. The van der Waals surface area contributed by atoms with E-state index in [0.29, 0.717) is 37.9 Å². The summed E-state index contributed by atoms with van der Waals surface area (Å²) in [6.45, 7) is 1.26. The van der Waals surface area contributed by atoms with Crippen molar-refractivity contribution in [1.29, 1.82) is 0 Å². The number of anilines is 1. The predicted octanol–water partition coefficient (Wildman–Crippen LogP) is 3.04. The van der Waals surface area contributed by atoms with Gasteiger partial charge in [-0.2, -0.15) is 0 Å². The van der Waals surface area contributed by atoms with Crippen LogP contribution in [0.5, 0.6) is 0 Å². The smallest absolute Gasteiger partial charge is 0.255 e. The van der Waals surface area contributed by atoms with Crippen molar-refractivity contribution in [3.63, 3.8) is 0 Å². The lowest BCUT2D eigenvalue weighted by atomic mass is 10.0. The predicted molar refractivity (Wildman–Crippen MR) is 123 cm³/mol. The van der Waals surface area contributed by atoms with E-state index < -0.39 is 0 Å². The number of amides is 2. The Hall–Kier alpha value is -3.81. The van der Waals surface area contributed by atoms with Gasteiger partial charge in [0.05, 0.1) is 17.8 Å². The SMILES string of the molecule is Nc1nc2c(cc1C(=O)NCc1ccccn1)CN(C(=O)CCCc1ccc(F)cc1)CC2. The first-order valence-electron chi connectivity index (χ1n) is 11.0. The third kappa shape index (κ3) is 5.71. The average molecular weight is 448 g/mol. The van der Waals surface area contributed by atoms with Crippen molar-refractivity contribution >= 4 is 17.6 Å². The van der Waals surface area contributed by atoms with Gasteiger partial charge in [-0.1, -0.05) is 18.2 Å². The van der Waals surface area contributed by atoms with E-state index in [2.05, 4.69) is 15.3 Å². The summed E-state index contributed by atoms with van der Waals surface area (Å²) >= 11 is 0. The van der Waals surface area contributed by atoms with E-state index in [0.717, 1.165) is 28.9 Å². The molecule has 2 amide bonds. The maximum atomic E-state index is 13.0. The van der Waals surface area contributed by atoms with Gasteiger partial charge in [-0.3, -0.25) is 14.6 Å². The van der Waals surface area contributed by atoms with Crippen molar-refractivity contribution in [3.05, 3.63) is 88.6 Å². The number of aryl methyl sites for hydroxylation is 1. The molecule has 1 aliphatic rings. The molecule has 0 bridgehead atoms. The van der Waals surface area contributed by atoms with Gasteiger partial charge in [0.15, 0.2) is 0 Å². The largest absolute Gasteiger partial charge is 0.383 e. The van der Waals surface area contributed by atoms with Crippen LogP contribution < -0.4 is 11.1 Å². The van der Waals surface area contributed by atoms with Gasteiger partial charge in [-0.05, 0) is 54.3 Å². The number of hydrogen-bond acceptors (Lipinski definition) is 5. The Morgan fingerprint density at radius 2 is 1.97 bits per heavy atom. The first kappa shape index (κ1) is 22.4. The normalized spacial score (nSPS) is 12.8. The third-order valence-corrected chi connectivity index (χ3v) is 5.72. The number of carbonyl (C=O) groups excluding carboxylic acids is 2. The van der Waals surface area contributed by atoms with Crippen LogP contribution in [0.25, 0.3) is 0 Å². The summed E-state index contributed by atoms with van der Waals surface area (Å²) in [7, 11) is 0. The highest BCUT2D eigenvalue weighted by molar-refractivity contribution is 5.98. The molecule has 3 heterocycles. The minimum Gasteiger partial charge on any atom is -0.383 e. The Morgan fingerprint density at radius 1 is 1.15 bits per heavy atom. The number of hydrogen-bond donors (Lipinski definition) is 2. The van der Waals surface area contributed by atoms with Crippen molar-refractivity contribution < 1.29 is 14.0 Å². The number of nitrogens with zero attached hydrogens (tertiary/aromatic N) is 3. The summed E-state index contributed by atoms with van der Waals surface area (Å²) in [5.41, 5.74) is 9.76. The maximum absolute atomic E-state index is 13.0. The molecule has 0 saturated heterocycles. The summed E-state index contributed by atoms with van der Waals surface area (Å²) in [5, 5.41) is 2.82. The number of rotatable bonds is 7. The first-order chi connectivity index (χ1) is 16.0. The molecule has 0 saturated carbocycles. The second-order valence-electron chi connectivity index (χ2n) is 8.08. The van der Waals surface area contributed by atoms with Crippen molar-refractivity contribution in [2.45, 2.75) is 38.8 Å². The molecule has 0 radical (unpaired) electrons. The minimum atomic E-state index is -0.323. The van der Waals surface area contributed by atoms with Gasteiger partial charge in [0.1, 0.15) is 11.6 Å². The van der Waals surface area contributed by atoms with E-state index >= 15 is 0 Å². The number of nitrogen functional groups attached to an aromatic ring is 1. The van der Waals surface area contributed by atoms with Gasteiger partial charge >= 0.3 is 0 Å². The van der Waals surface area contributed by atoms with E-state index in [4.69, 9.17) is 5.73 Å². The van der Waals surface area contributed by atoms with E-state index in [9.17, 15) is 14.0 Å². The van der Waals surface area contributed by atoms with Crippen molar-refractivity contribution in [2.24, 2.45) is 0 Å². The lowest BCUT2D eigenvalue weighted by Crippen LogP contribution is -2.37. The summed E-state index contributed by atoms with van der Waals surface area (Å²) in [5.74, 6) is -0.343. The number of carbonyl (C=O) groups is 2. The molecule has 2 aromatic heterocycles. The highest BCUT2D eigenvalue weighted by Gasteiger charge is 2.24. The fourth-order valence-corrected chi connectivity index (χ4v) is 3.90. The van der Waals surface area contributed by atoms with Crippen molar-refractivity contribution in [2.75, 3.05) is 12.3 Å². The zero-order valence-electron chi connectivity index (χ0n) is 18.3. The highest BCUT2D eigenvalue weighted by Crippen LogP contribution is 2.23. The molecule has 0 aliphatic carbocycles. The van der Waals surface area contributed by atoms with Gasteiger partial charge < -0.3 is 16.0 Å². The molecule has 3 aromatic rings. The molecular weight excluding hydrogens is 421 g/mol. The fraction of sp³-hybridized carbons (Fsp3) is 0.280.